The van der Waals surface area contributed by atoms with Gasteiger partial charge in [-0.2, -0.15) is 5.84 Å². The predicted octanol–water partition coefficient (Wildman–Crippen LogP) is -1.02. The van der Waals surface area contributed by atoms with E-state index >= 15 is 0 Å². The van der Waals surface area contributed by atoms with Crippen LogP contribution in [0.5, 0.6) is 0 Å². The first kappa shape index (κ1) is 5.16. The average molecular weight is 91.1 g/mol. The smallest absolute Gasteiger partial charge is 0.175 e. The Balaban J connectivity index is 3.26. The third-order valence-electron chi connectivity index (χ3n) is 0.258. The van der Waals surface area contributed by atoms with Gasteiger partial charge >= 0.3 is 0 Å². The van der Waals surface area contributed by atoms with Crippen LogP contribution in [0, 0.1) is 10.1 Å². The van der Waals surface area contributed by atoms with Gasteiger partial charge in [-0.15, -0.1) is 0 Å². The van der Waals surface area contributed by atoms with Crippen molar-refractivity contribution in [3.8, 4) is 0 Å². The molecule has 0 rings (SSSR count). The van der Waals surface area contributed by atoms with Gasteiger partial charge < -0.3 is 0 Å². The number of rotatable bonds is 1. The van der Waals surface area contributed by atoms with E-state index in [2.05, 4.69) is 5.84 Å². The Labute approximate surface area is 34.4 Å². The van der Waals surface area contributed by atoms with Crippen LogP contribution in [0.25, 0.3) is 0 Å². The molecule has 0 radical (unpaired) electrons. The highest BCUT2D eigenvalue weighted by Gasteiger charge is 1.92. The molecule has 6 heavy (non-hydrogen) atoms. The van der Waals surface area contributed by atoms with E-state index in [1.165, 1.54) is 0 Å². The molecule has 5 heteroatoms. The Morgan fingerprint density at radius 3 is 2.17 bits per heavy atom. The lowest BCUT2D eigenvalue weighted by Gasteiger charge is -1.94. The van der Waals surface area contributed by atoms with Gasteiger partial charge in [-0.05, 0) is 0 Å². The summed E-state index contributed by atoms with van der Waals surface area (Å²) in [5.74, 6) is 4.57. The van der Waals surface area contributed by atoms with Crippen molar-refractivity contribution in [3.63, 3.8) is 0 Å². The fraction of sp³-hybridized carbons (Fsp3) is 1.00. The zero-order valence-corrected chi connectivity index (χ0v) is 3.29. The first-order valence-electron chi connectivity index (χ1n) is 1.27. The van der Waals surface area contributed by atoms with Crippen molar-refractivity contribution in [3.05, 3.63) is 10.1 Å². The van der Waals surface area contributed by atoms with Gasteiger partial charge in [0.05, 0.1) is 7.05 Å². The first-order valence-corrected chi connectivity index (χ1v) is 1.27. The molecule has 0 saturated heterocycles. The fourth-order valence-electron chi connectivity index (χ4n) is 0. The second-order valence-corrected chi connectivity index (χ2v) is 0.812. The van der Waals surface area contributed by atoms with Gasteiger partial charge in [0.1, 0.15) is 0 Å². The number of nitro groups is 1. The van der Waals surface area contributed by atoms with Crippen molar-refractivity contribution in [1.82, 2.24) is 5.12 Å². The van der Waals surface area contributed by atoms with Crippen molar-refractivity contribution < 1.29 is 5.03 Å². The zero-order chi connectivity index (χ0) is 5.15. The molecule has 0 atom stereocenters. The Morgan fingerprint density at radius 1 is 2.00 bits per heavy atom. The maximum atomic E-state index is 9.31. The summed E-state index contributed by atoms with van der Waals surface area (Å²) in [6.45, 7) is 0. The minimum Gasteiger partial charge on any atom is -0.234 e. The van der Waals surface area contributed by atoms with Crippen molar-refractivity contribution in [1.29, 1.82) is 0 Å². The molecule has 0 saturated carbocycles. The van der Waals surface area contributed by atoms with E-state index in [9.17, 15) is 10.1 Å². The van der Waals surface area contributed by atoms with Crippen molar-refractivity contribution in [2.45, 2.75) is 0 Å². The normalized spacial score (nSPS) is 7.67. The van der Waals surface area contributed by atoms with Gasteiger partial charge in [-0.3, -0.25) is 0 Å². The number of nitrogens with zero attached hydrogens (tertiary/aromatic N) is 2. The summed E-state index contributed by atoms with van der Waals surface area (Å²) in [6, 6.07) is 0. The molecule has 0 bridgehead atoms. The molecule has 2 N–H and O–H groups in total. The highest BCUT2D eigenvalue weighted by Crippen LogP contribution is 1.61. The Morgan fingerprint density at radius 2 is 2.17 bits per heavy atom. The topological polar surface area (TPSA) is 72.4 Å². The van der Waals surface area contributed by atoms with Crippen molar-refractivity contribution >= 4 is 0 Å². The van der Waals surface area contributed by atoms with E-state index in [-0.39, 0.29) is 0 Å². The number of hydrogen-bond donors (Lipinski definition) is 1. The summed E-state index contributed by atoms with van der Waals surface area (Å²) in [6.07, 6.45) is 0. The van der Waals surface area contributed by atoms with Gasteiger partial charge in [0, 0.05) is 0 Å². The average Bonchev–Trinajstić information content (AvgIpc) is 1.36. The lowest BCUT2D eigenvalue weighted by atomic mass is 11.4. The Bertz CT molecular complexity index is 59.8. The maximum absolute atomic E-state index is 9.31. The van der Waals surface area contributed by atoms with Crippen LogP contribution in [0.15, 0.2) is 0 Å². The summed E-state index contributed by atoms with van der Waals surface area (Å²) in [5, 5.41) is 8.97. The van der Waals surface area contributed by atoms with Crippen LogP contribution in [-0.4, -0.2) is 17.2 Å². The van der Waals surface area contributed by atoms with Crippen LogP contribution in [0.4, 0.5) is 0 Å². The SMILES string of the molecule is CN(N)[N+](=O)[O-]. The molecule has 5 nitrogen and oxygen atoms in total. The summed E-state index contributed by atoms with van der Waals surface area (Å²) in [4.78, 5) is 9.31. The molecule has 0 aliphatic heterocycles. The zero-order valence-electron chi connectivity index (χ0n) is 3.29. The number of hydrogen-bond acceptors (Lipinski definition) is 3. The maximum Gasteiger partial charge on any atom is 0.175 e. The van der Waals surface area contributed by atoms with E-state index in [4.69, 9.17) is 0 Å². The largest absolute Gasteiger partial charge is 0.234 e. The lowest BCUT2D eigenvalue weighted by molar-refractivity contribution is -0.651. The van der Waals surface area contributed by atoms with Crippen LogP contribution in [-0.2, 0) is 0 Å². The van der Waals surface area contributed by atoms with Gasteiger partial charge in [0.15, 0.2) is 5.03 Å². The molecule has 0 amide bonds. The standard InChI is InChI=1S/CH5N3O2/c1-3(2)4(5)6/h2H2,1H3. The molecule has 0 aromatic heterocycles. The molecular weight excluding hydrogens is 86.0 g/mol. The van der Waals surface area contributed by atoms with Crippen LogP contribution >= 0.6 is 0 Å². The highest BCUT2D eigenvalue weighted by molar-refractivity contribution is 3.99. The summed E-state index contributed by atoms with van der Waals surface area (Å²) in [5.41, 5.74) is 0. The van der Waals surface area contributed by atoms with E-state index in [0.717, 1.165) is 7.05 Å². The lowest BCUT2D eigenvalue weighted by Crippen LogP contribution is -2.31. The van der Waals surface area contributed by atoms with Crippen molar-refractivity contribution in [2.75, 3.05) is 7.05 Å². The molecule has 0 unspecified atom stereocenters. The molecular formula is CH5N3O2. The van der Waals surface area contributed by atoms with E-state index in [0.29, 0.717) is 5.12 Å². The molecule has 0 fully saturated rings. The molecule has 0 heterocycles. The van der Waals surface area contributed by atoms with Crippen LogP contribution in [0.1, 0.15) is 0 Å². The quantitative estimate of drug-likeness (QED) is 0.255. The third kappa shape index (κ3) is 1.48. The third-order valence-corrected chi connectivity index (χ3v) is 0.258. The van der Waals surface area contributed by atoms with Gasteiger partial charge in [0.25, 0.3) is 0 Å². The molecule has 0 aromatic carbocycles. The predicted molar refractivity (Wildman–Crippen MR) is 18.9 cm³/mol. The minimum atomic E-state index is -0.722. The number of hydrazine groups is 2. The minimum absolute atomic E-state index is 0.389. The highest BCUT2D eigenvalue weighted by atomic mass is 16.7. The van der Waals surface area contributed by atoms with Gasteiger partial charge in [-0.1, -0.05) is 5.12 Å². The monoisotopic (exact) mass is 91.0 g/mol. The summed E-state index contributed by atoms with van der Waals surface area (Å²) in [7, 11) is 1.15. The van der Waals surface area contributed by atoms with E-state index in [1.807, 2.05) is 0 Å². The van der Waals surface area contributed by atoms with Gasteiger partial charge in [-0.25, -0.2) is 10.1 Å². The fourth-order valence-corrected chi connectivity index (χ4v) is 0. The Hall–Kier alpha value is -0.840. The number of nitrogens with two attached hydrogens (primary N) is 1. The Kier molecular flexibility index (Phi) is 1.34. The van der Waals surface area contributed by atoms with E-state index in [1.54, 1.807) is 0 Å². The molecule has 0 aromatic rings. The van der Waals surface area contributed by atoms with Crippen LogP contribution < -0.4 is 5.84 Å². The molecule has 0 aliphatic carbocycles. The second-order valence-electron chi connectivity index (χ2n) is 0.812. The second kappa shape index (κ2) is 1.56. The van der Waals surface area contributed by atoms with Gasteiger partial charge in [0.2, 0.25) is 0 Å². The van der Waals surface area contributed by atoms with Crippen molar-refractivity contribution in [2.24, 2.45) is 5.84 Å². The first-order chi connectivity index (χ1) is 2.64. The van der Waals surface area contributed by atoms with E-state index < -0.39 is 5.03 Å². The summed E-state index contributed by atoms with van der Waals surface area (Å²) >= 11 is 0. The summed E-state index contributed by atoms with van der Waals surface area (Å²) < 4.78 is 0. The molecule has 36 valence electrons. The van der Waals surface area contributed by atoms with Crippen LogP contribution in [0.3, 0.4) is 0 Å². The van der Waals surface area contributed by atoms with Crippen LogP contribution in [0.2, 0.25) is 0 Å². The molecule has 0 spiro atoms. The molecule has 0 aliphatic rings.